The third kappa shape index (κ3) is 3.49. The first-order valence-electron chi connectivity index (χ1n) is 10.6. The average Bonchev–Trinajstić information content (AvgIpc) is 3.41. The van der Waals surface area contributed by atoms with Gasteiger partial charge in [-0.25, -0.2) is 15.0 Å². The van der Waals surface area contributed by atoms with E-state index >= 15 is 0 Å². The van der Waals surface area contributed by atoms with E-state index in [2.05, 4.69) is 35.3 Å². The summed E-state index contributed by atoms with van der Waals surface area (Å²) in [6.07, 6.45) is 5.87. The van der Waals surface area contributed by atoms with Gasteiger partial charge in [0.1, 0.15) is 22.7 Å². The number of fused-ring (bicyclic) bond motifs is 2. The van der Waals surface area contributed by atoms with Crippen molar-refractivity contribution >= 4 is 27.8 Å². The quantitative estimate of drug-likeness (QED) is 0.367. The van der Waals surface area contributed by atoms with E-state index in [0.29, 0.717) is 46.1 Å². The number of benzene rings is 1. The maximum absolute atomic E-state index is 13.3. The Morgan fingerprint density at radius 1 is 1.18 bits per heavy atom. The number of H-pyrrole nitrogens is 2. The van der Waals surface area contributed by atoms with E-state index in [4.69, 9.17) is 4.74 Å². The number of nitrogens with one attached hydrogen (secondary N) is 3. The summed E-state index contributed by atoms with van der Waals surface area (Å²) in [5.74, 6) is 1.75. The van der Waals surface area contributed by atoms with Crippen molar-refractivity contribution in [2.75, 3.05) is 12.4 Å². The Morgan fingerprint density at radius 3 is 2.70 bits per heavy atom. The highest BCUT2D eigenvalue weighted by Gasteiger charge is 2.31. The lowest BCUT2D eigenvalue weighted by atomic mass is 9.96. The van der Waals surface area contributed by atoms with Gasteiger partial charge in [0.05, 0.1) is 34.9 Å². The number of aryl methyl sites for hydroxylation is 1. The van der Waals surface area contributed by atoms with E-state index in [9.17, 15) is 4.79 Å². The van der Waals surface area contributed by atoms with Crippen molar-refractivity contribution in [3.05, 3.63) is 59.0 Å². The van der Waals surface area contributed by atoms with Gasteiger partial charge in [-0.1, -0.05) is 6.92 Å². The molecule has 5 rings (SSSR count). The molecule has 168 valence electrons. The molecular formula is C23H24N8O2. The van der Waals surface area contributed by atoms with E-state index < -0.39 is 5.54 Å². The van der Waals surface area contributed by atoms with Gasteiger partial charge in [-0.2, -0.15) is 5.10 Å². The van der Waals surface area contributed by atoms with Crippen molar-refractivity contribution in [1.82, 2.24) is 34.7 Å². The van der Waals surface area contributed by atoms with Gasteiger partial charge in [-0.15, -0.1) is 0 Å². The number of nitrogens with zero attached hydrogens (tertiary/aromatic N) is 5. The molecule has 10 heteroatoms. The minimum Gasteiger partial charge on any atom is -0.497 e. The zero-order valence-electron chi connectivity index (χ0n) is 18.8. The molecular weight excluding hydrogens is 420 g/mol. The van der Waals surface area contributed by atoms with Gasteiger partial charge in [0, 0.05) is 31.7 Å². The SMILES string of the molecule is CCC(C)(Nc1c(-c2nc3ccc(OC)cc3[nH]2)c(=O)[nH]c2cn(C)nc12)c1ncccn1. The molecule has 10 nitrogen and oxygen atoms in total. The lowest BCUT2D eigenvalue weighted by Gasteiger charge is -2.30. The predicted octanol–water partition coefficient (Wildman–Crippen LogP) is 3.34. The highest BCUT2D eigenvalue weighted by Crippen LogP contribution is 2.35. The Balaban J connectivity index is 1.75. The van der Waals surface area contributed by atoms with Crippen LogP contribution in [-0.2, 0) is 12.6 Å². The number of rotatable bonds is 6. The standard InChI is InChI=1S/C23H24N8O2/c1-5-23(2,22-24-9-6-10-25-22)29-19-17(21(32)28-16-12-31(3)30-18(16)19)20-26-14-8-7-13(33-4)11-15(14)27-20/h6-12,29H,5H2,1-4H3,(H,26,27)(H,28,32). The number of aromatic nitrogens is 7. The fraction of sp³-hybridized carbons (Fsp3) is 0.261. The summed E-state index contributed by atoms with van der Waals surface area (Å²) in [6, 6.07) is 7.31. The van der Waals surface area contributed by atoms with Crippen LogP contribution in [-0.4, -0.2) is 41.8 Å². The first kappa shape index (κ1) is 20.7. The summed E-state index contributed by atoms with van der Waals surface area (Å²) in [4.78, 5) is 33.1. The summed E-state index contributed by atoms with van der Waals surface area (Å²) < 4.78 is 6.99. The molecule has 1 atom stereocenters. The summed E-state index contributed by atoms with van der Waals surface area (Å²) in [5.41, 5.74) is 2.74. The van der Waals surface area contributed by atoms with Crippen LogP contribution in [0.25, 0.3) is 33.5 Å². The van der Waals surface area contributed by atoms with E-state index in [-0.39, 0.29) is 5.56 Å². The molecule has 5 aromatic rings. The Kier molecular flexibility index (Phi) is 4.85. The molecule has 0 aliphatic heterocycles. The number of pyridine rings is 1. The number of hydrogen-bond donors (Lipinski definition) is 3. The highest BCUT2D eigenvalue weighted by molar-refractivity contribution is 5.96. The van der Waals surface area contributed by atoms with Gasteiger partial charge >= 0.3 is 0 Å². The number of methoxy groups -OCH3 is 1. The van der Waals surface area contributed by atoms with Crippen LogP contribution in [0.5, 0.6) is 5.75 Å². The zero-order chi connectivity index (χ0) is 23.2. The number of ether oxygens (including phenoxy) is 1. The van der Waals surface area contributed by atoms with Crippen LogP contribution >= 0.6 is 0 Å². The van der Waals surface area contributed by atoms with Gasteiger partial charge in [-0.05, 0) is 31.5 Å². The molecule has 3 N–H and O–H groups in total. The average molecular weight is 444 g/mol. The van der Waals surface area contributed by atoms with Crippen LogP contribution in [0, 0.1) is 0 Å². The normalized spacial score (nSPS) is 13.3. The first-order chi connectivity index (χ1) is 15.9. The molecule has 1 aromatic carbocycles. The molecule has 0 spiro atoms. The molecule has 0 saturated carbocycles. The van der Waals surface area contributed by atoms with Crippen LogP contribution in [0.4, 0.5) is 5.69 Å². The van der Waals surface area contributed by atoms with Gasteiger partial charge in [0.2, 0.25) is 0 Å². The largest absolute Gasteiger partial charge is 0.497 e. The molecule has 0 bridgehead atoms. The Hall–Kier alpha value is -4.21. The molecule has 4 heterocycles. The fourth-order valence-corrected chi connectivity index (χ4v) is 3.93. The summed E-state index contributed by atoms with van der Waals surface area (Å²) >= 11 is 0. The molecule has 33 heavy (non-hydrogen) atoms. The second-order valence-corrected chi connectivity index (χ2v) is 8.12. The third-order valence-electron chi connectivity index (χ3n) is 5.88. The van der Waals surface area contributed by atoms with Gasteiger partial charge in [-0.3, -0.25) is 9.48 Å². The van der Waals surface area contributed by atoms with Gasteiger partial charge < -0.3 is 20.0 Å². The van der Waals surface area contributed by atoms with Crippen LogP contribution in [0.3, 0.4) is 0 Å². The summed E-state index contributed by atoms with van der Waals surface area (Å²) in [7, 11) is 3.42. The fourth-order valence-electron chi connectivity index (χ4n) is 3.93. The van der Waals surface area contributed by atoms with E-state index in [1.807, 2.05) is 39.1 Å². The first-order valence-corrected chi connectivity index (χ1v) is 10.6. The number of aromatic amines is 2. The molecule has 0 amide bonds. The lowest BCUT2D eigenvalue weighted by molar-refractivity contribution is 0.415. The van der Waals surface area contributed by atoms with Crippen LogP contribution < -0.4 is 15.6 Å². The van der Waals surface area contributed by atoms with Crippen molar-refractivity contribution in [3.63, 3.8) is 0 Å². The van der Waals surface area contributed by atoms with Crippen molar-refractivity contribution in [2.24, 2.45) is 7.05 Å². The Bertz CT molecular complexity index is 1520. The second kappa shape index (κ2) is 7.73. The van der Waals surface area contributed by atoms with Crippen molar-refractivity contribution in [3.8, 4) is 17.1 Å². The van der Waals surface area contributed by atoms with Crippen LogP contribution in [0.15, 0.2) is 47.7 Å². The van der Waals surface area contributed by atoms with Gasteiger partial charge in [0.15, 0.2) is 5.82 Å². The molecule has 0 fully saturated rings. The molecule has 4 aromatic heterocycles. The third-order valence-corrected chi connectivity index (χ3v) is 5.88. The van der Waals surface area contributed by atoms with E-state index in [0.717, 1.165) is 11.0 Å². The smallest absolute Gasteiger partial charge is 0.261 e. The number of hydrogen-bond acceptors (Lipinski definition) is 7. The van der Waals surface area contributed by atoms with Crippen molar-refractivity contribution < 1.29 is 4.74 Å². The zero-order valence-corrected chi connectivity index (χ0v) is 18.8. The van der Waals surface area contributed by atoms with Crippen LogP contribution in [0.2, 0.25) is 0 Å². The predicted molar refractivity (Wildman–Crippen MR) is 126 cm³/mol. The van der Waals surface area contributed by atoms with Gasteiger partial charge in [0.25, 0.3) is 5.56 Å². The topological polar surface area (TPSA) is 126 Å². The lowest BCUT2D eigenvalue weighted by Crippen LogP contribution is -2.34. The number of imidazole rings is 1. The van der Waals surface area contributed by atoms with Crippen molar-refractivity contribution in [1.29, 1.82) is 0 Å². The molecule has 0 radical (unpaired) electrons. The Labute approximate surface area is 189 Å². The Morgan fingerprint density at radius 2 is 1.97 bits per heavy atom. The van der Waals surface area contributed by atoms with E-state index in [1.54, 1.807) is 36.4 Å². The maximum Gasteiger partial charge on any atom is 0.261 e. The summed E-state index contributed by atoms with van der Waals surface area (Å²) in [5, 5.41) is 8.16. The summed E-state index contributed by atoms with van der Waals surface area (Å²) in [6.45, 7) is 4.05. The second-order valence-electron chi connectivity index (χ2n) is 8.12. The minimum absolute atomic E-state index is 0.281. The maximum atomic E-state index is 13.3. The van der Waals surface area contributed by atoms with Crippen LogP contribution in [0.1, 0.15) is 26.1 Å². The van der Waals surface area contributed by atoms with Crippen molar-refractivity contribution in [2.45, 2.75) is 25.8 Å². The molecule has 0 saturated heterocycles. The molecule has 1 unspecified atom stereocenters. The molecule has 0 aliphatic rings. The van der Waals surface area contributed by atoms with E-state index in [1.165, 1.54) is 0 Å². The number of anilines is 1. The molecule has 0 aliphatic carbocycles. The highest BCUT2D eigenvalue weighted by atomic mass is 16.5. The monoisotopic (exact) mass is 444 g/mol. The minimum atomic E-state index is -0.649.